The second-order valence-corrected chi connectivity index (χ2v) is 12.3. The second-order valence-electron chi connectivity index (χ2n) is 11.2. The molecule has 0 radical (unpaired) electrons. The molecule has 3 nitrogen and oxygen atoms in total. The molecular weight excluding hydrogens is 555 g/mol. The van der Waals surface area contributed by atoms with Gasteiger partial charge in [0.25, 0.3) is 0 Å². The van der Waals surface area contributed by atoms with Crippen molar-refractivity contribution >= 4 is 65.2 Å². The minimum absolute atomic E-state index is 0.280. The van der Waals surface area contributed by atoms with Crippen LogP contribution in [0.15, 0.2) is 151 Å². The number of nitrogens with one attached hydrogen (secondary N) is 1. The summed E-state index contributed by atoms with van der Waals surface area (Å²) in [6.45, 7) is 0. The summed E-state index contributed by atoms with van der Waals surface area (Å²) in [5, 5.41) is 8.87. The van der Waals surface area contributed by atoms with Crippen molar-refractivity contribution in [1.82, 2.24) is 9.88 Å². The Morgan fingerprint density at radius 2 is 1.20 bits per heavy atom. The summed E-state index contributed by atoms with van der Waals surface area (Å²) >= 11 is 1.85. The molecule has 208 valence electrons. The van der Waals surface area contributed by atoms with Crippen LogP contribution in [0.4, 0.5) is 0 Å². The molecule has 1 unspecified atom stereocenters. The van der Waals surface area contributed by atoms with Crippen molar-refractivity contribution < 1.29 is 0 Å². The summed E-state index contributed by atoms with van der Waals surface area (Å²) in [5.41, 5.74) is 9.44. The van der Waals surface area contributed by atoms with Crippen LogP contribution in [0.3, 0.4) is 0 Å². The lowest BCUT2D eigenvalue weighted by molar-refractivity contribution is 0.511. The smallest absolute Gasteiger partial charge is 0.200 e. The zero-order valence-electron chi connectivity index (χ0n) is 23.8. The van der Waals surface area contributed by atoms with E-state index >= 15 is 0 Å². The van der Waals surface area contributed by atoms with Crippen molar-refractivity contribution in [2.24, 2.45) is 4.99 Å². The van der Waals surface area contributed by atoms with Gasteiger partial charge in [-0.25, -0.2) is 4.99 Å². The van der Waals surface area contributed by atoms with E-state index in [4.69, 9.17) is 4.99 Å². The molecule has 0 aliphatic carbocycles. The fourth-order valence-electron chi connectivity index (χ4n) is 6.61. The van der Waals surface area contributed by atoms with E-state index in [1.54, 1.807) is 0 Å². The highest BCUT2D eigenvalue weighted by Crippen LogP contribution is 2.40. The number of hydrogen-bond acceptors (Lipinski definition) is 3. The Kier molecular flexibility index (Phi) is 5.75. The molecule has 0 amide bonds. The Bertz CT molecular complexity index is 2410. The number of hydrogen-bond donors (Lipinski definition) is 1. The molecule has 0 spiro atoms. The van der Waals surface area contributed by atoms with Crippen LogP contribution in [-0.2, 0) is 0 Å². The summed E-state index contributed by atoms with van der Waals surface area (Å²) in [7, 11) is 0. The van der Waals surface area contributed by atoms with E-state index < -0.39 is 0 Å². The van der Waals surface area contributed by atoms with Crippen LogP contribution < -0.4 is 5.32 Å². The van der Waals surface area contributed by atoms with Crippen LogP contribution in [-0.4, -0.2) is 10.8 Å². The fraction of sp³-hybridized carbons (Fsp3) is 0.0250. The Morgan fingerprint density at radius 3 is 2.07 bits per heavy atom. The molecule has 3 heterocycles. The van der Waals surface area contributed by atoms with E-state index in [-0.39, 0.29) is 6.29 Å². The zero-order chi connectivity index (χ0) is 29.0. The van der Waals surface area contributed by atoms with Crippen LogP contribution in [0, 0.1) is 0 Å². The standard InChI is InChI=1S/C40H27N3S/c1-2-9-26(10-3-1)27-17-19-28(20-18-27)29-21-22-31-30-11-4-6-15-36(30)43(37(31)25-29)40-41-24-23-35(42-40)34-14-8-13-33-32-12-5-7-16-38(32)44-39(33)34/h1-25,40,42H. The number of rotatable bonds is 4. The first kappa shape index (κ1) is 25.1. The average molecular weight is 582 g/mol. The van der Waals surface area contributed by atoms with Gasteiger partial charge in [0.05, 0.1) is 11.0 Å². The summed E-state index contributed by atoms with van der Waals surface area (Å²) in [4.78, 5) is 4.97. The normalized spacial score (nSPS) is 14.8. The molecule has 4 heteroatoms. The Hall–Kier alpha value is -5.45. The first-order valence-electron chi connectivity index (χ1n) is 14.9. The number of thiophene rings is 1. The van der Waals surface area contributed by atoms with Gasteiger partial charge in [-0.1, -0.05) is 121 Å². The molecule has 0 saturated heterocycles. The van der Waals surface area contributed by atoms with Crippen molar-refractivity contribution in [3.63, 3.8) is 0 Å². The molecule has 44 heavy (non-hydrogen) atoms. The van der Waals surface area contributed by atoms with Crippen LogP contribution in [0.25, 0.3) is 69.9 Å². The molecule has 9 rings (SSSR count). The molecule has 1 aliphatic rings. The first-order chi connectivity index (χ1) is 21.8. The van der Waals surface area contributed by atoms with Crippen molar-refractivity contribution in [3.05, 3.63) is 151 Å². The monoisotopic (exact) mass is 581 g/mol. The number of nitrogens with zero attached hydrogens (tertiary/aromatic N) is 2. The highest BCUT2D eigenvalue weighted by Gasteiger charge is 2.22. The third-order valence-electron chi connectivity index (χ3n) is 8.73. The minimum Gasteiger partial charge on any atom is -0.346 e. The molecule has 0 bridgehead atoms. The van der Waals surface area contributed by atoms with Crippen molar-refractivity contribution in [1.29, 1.82) is 0 Å². The Balaban J connectivity index is 1.14. The third kappa shape index (κ3) is 3.99. The van der Waals surface area contributed by atoms with E-state index in [1.807, 2.05) is 17.6 Å². The van der Waals surface area contributed by atoms with Gasteiger partial charge in [-0.05, 0) is 46.5 Å². The molecule has 6 aromatic carbocycles. The number of aliphatic imine (C=N–C) groups is 1. The fourth-order valence-corrected chi connectivity index (χ4v) is 7.84. The van der Waals surface area contributed by atoms with Crippen LogP contribution >= 0.6 is 11.3 Å². The van der Waals surface area contributed by atoms with Gasteiger partial charge in [-0.15, -0.1) is 11.3 Å². The molecule has 2 aromatic heterocycles. The van der Waals surface area contributed by atoms with Gasteiger partial charge in [0.2, 0.25) is 6.29 Å². The van der Waals surface area contributed by atoms with Crippen LogP contribution in [0.5, 0.6) is 0 Å². The molecule has 1 N–H and O–H groups in total. The molecule has 1 aliphatic heterocycles. The lowest BCUT2D eigenvalue weighted by Crippen LogP contribution is -2.26. The van der Waals surface area contributed by atoms with Crippen molar-refractivity contribution in [2.75, 3.05) is 0 Å². The van der Waals surface area contributed by atoms with Gasteiger partial charge in [-0.3, -0.25) is 0 Å². The van der Waals surface area contributed by atoms with Gasteiger partial charge < -0.3 is 9.88 Å². The topological polar surface area (TPSA) is 29.3 Å². The summed E-state index contributed by atoms with van der Waals surface area (Å²) < 4.78 is 4.95. The third-order valence-corrected chi connectivity index (χ3v) is 9.95. The number of benzene rings is 6. The molecular formula is C40H27N3S. The summed E-state index contributed by atoms with van der Waals surface area (Å²) in [6.07, 6.45) is 3.77. The quantitative estimate of drug-likeness (QED) is 0.220. The van der Waals surface area contributed by atoms with Crippen LogP contribution in [0.2, 0.25) is 0 Å². The minimum atomic E-state index is -0.280. The second kappa shape index (κ2) is 10.1. The predicted octanol–water partition coefficient (Wildman–Crippen LogP) is 10.7. The van der Waals surface area contributed by atoms with Gasteiger partial charge in [0.1, 0.15) is 0 Å². The zero-order valence-corrected chi connectivity index (χ0v) is 24.6. The van der Waals surface area contributed by atoms with E-state index in [1.165, 1.54) is 58.8 Å². The summed E-state index contributed by atoms with van der Waals surface area (Å²) in [6, 6.07) is 50.1. The number of para-hydroxylation sites is 1. The maximum atomic E-state index is 4.97. The molecule has 8 aromatic rings. The predicted molar refractivity (Wildman–Crippen MR) is 188 cm³/mol. The molecule has 1 atom stereocenters. The maximum absolute atomic E-state index is 4.97. The first-order valence-corrected chi connectivity index (χ1v) is 15.7. The Labute approximate surface area is 259 Å². The van der Waals surface area contributed by atoms with Crippen molar-refractivity contribution in [3.8, 4) is 22.3 Å². The lowest BCUT2D eigenvalue weighted by atomic mass is 9.99. The highest BCUT2D eigenvalue weighted by atomic mass is 32.1. The average Bonchev–Trinajstić information content (AvgIpc) is 3.64. The highest BCUT2D eigenvalue weighted by molar-refractivity contribution is 7.26. The van der Waals surface area contributed by atoms with E-state index in [0.717, 1.165) is 16.7 Å². The van der Waals surface area contributed by atoms with E-state index in [2.05, 4.69) is 155 Å². The number of allylic oxidation sites excluding steroid dienone is 1. The number of fused-ring (bicyclic) bond motifs is 6. The maximum Gasteiger partial charge on any atom is 0.200 e. The van der Waals surface area contributed by atoms with E-state index in [0.29, 0.717) is 0 Å². The van der Waals surface area contributed by atoms with E-state index in [9.17, 15) is 0 Å². The van der Waals surface area contributed by atoms with Crippen molar-refractivity contribution in [2.45, 2.75) is 6.29 Å². The van der Waals surface area contributed by atoms with Gasteiger partial charge in [0.15, 0.2) is 0 Å². The number of aromatic nitrogens is 1. The van der Waals surface area contributed by atoms with Gasteiger partial charge in [-0.2, -0.15) is 0 Å². The largest absolute Gasteiger partial charge is 0.346 e. The molecule has 0 fully saturated rings. The SMILES string of the molecule is C1=NC(n2c3ccccc3c3ccc(-c4ccc(-c5ccccc5)cc4)cc32)NC(c2cccc3c2sc2ccccc23)=C1. The van der Waals surface area contributed by atoms with Gasteiger partial charge >= 0.3 is 0 Å². The molecule has 0 saturated carbocycles. The Morgan fingerprint density at radius 1 is 0.545 bits per heavy atom. The lowest BCUT2D eigenvalue weighted by Gasteiger charge is -2.24. The van der Waals surface area contributed by atoms with Crippen LogP contribution in [0.1, 0.15) is 11.9 Å². The summed E-state index contributed by atoms with van der Waals surface area (Å²) in [5.74, 6) is 0. The van der Waals surface area contributed by atoms with Gasteiger partial charge in [0, 0.05) is 48.4 Å².